The van der Waals surface area contributed by atoms with Gasteiger partial charge in [0.25, 0.3) is 11.6 Å². The van der Waals surface area contributed by atoms with Crippen molar-refractivity contribution >= 4 is 28.3 Å². The minimum Gasteiger partial charge on any atom is -0.478 e. The van der Waals surface area contributed by atoms with Crippen molar-refractivity contribution in [3.05, 3.63) is 82.1 Å². The highest BCUT2D eigenvalue weighted by Crippen LogP contribution is 2.29. The Hall–Kier alpha value is -4.63. The van der Waals surface area contributed by atoms with E-state index in [1.165, 1.54) is 24.3 Å². The Balaban J connectivity index is 1.21. The van der Waals surface area contributed by atoms with Gasteiger partial charge in [-0.25, -0.2) is 32.3 Å². The Morgan fingerprint density at radius 2 is 1.93 bits per heavy atom. The molecule has 15 heteroatoms. The summed E-state index contributed by atoms with van der Waals surface area (Å²) in [4.78, 5) is 20.4. The molecule has 1 atom stereocenters. The summed E-state index contributed by atoms with van der Waals surface area (Å²) in [5.41, 5.74) is 1.29. The summed E-state index contributed by atoms with van der Waals surface area (Å²) in [6.07, 6.45) is -1.96. The number of carboxylic acid groups (broad SMARTS) is 1. The highest BCUT2D eigenvalue weighted by molar-refractivity contribution is 7.13. The Morgan fingerprint density at radius 1 is 1.09 bits per heavy atom. The maximum atomic E-state index is 15.4. The van der Waals surface area contributed by atoms with E-state index < -0.39 is 30.6 Å². The topological polar surface area (TPSA) is 121 Å². The smallest absolute Gasteiger partial charge is 0.335 e. The maximum Gasteiger partial charge on any atom is 0.335 e. The predicted molar refractivity (Wildman–Crippen MR) is 149 cm³/mol. The molecule has 5 aromatic rings. The van der Waals surface area contributed by atoms with E-state index in [0.717, 1.165) is 29.9 Å². The standard InChI is InChI=1S/C29H23F4N5O5S/c30-19-11-18(21-2-1-3-26(35-21)42-14-27-36-37-29(44-27)43-13-24(32)33)20(31)8-16(19)10-25-34-22-5-4-15(28(39)40)9-23(22)38(25)12-17-6-7-41-17/h1-5,8-9,11,17,24H,6-7,10,12-14H2,(H,39,40)/t17-/m0/s1. The van der Waals surface area contributed by atoms with Crippen molar-refractivity contribution in [3.8, 4) is 22.3 Å². The Labute approximate surface area is 250 Å². The van der Waals surface area contributed by atoms with Crippen molar-refractivity contribution in [2.24, 2.45) is 0 Å². The third kappa shape index (κ3) is 6.48. The lowest BCUT2D eigenvalue weighted by molar-refractivity contribution is -0.0589. The van der Waals surface area contributed by atoms with Gasteiger partial charge in [0, 0.05) is 24.7 Å². The average Bonchev–Trinajstić information content (AvgIpc) is 3.58. The van der Waals surface area contributed by atoms with E-state index in [9.17, 15) is 18.7 Å². The van der Waals surface area contributed by atoms with Crippen molar-refractivity contribution in [1.82, 2.24) is 24.7 Å². The summed E-state index contributed by atoms with van der Waals surface area (Å²) in [6, 6.07) is 11.3. The average molecular weight is 630 g/mol. The molecule has 44 heavy (non-hydrogen) atoms. The second kappa shape index (κ2) is 12.5. The third-order valence-corrected chi connectivity index (χ3v) is 7.67. The number of aromatic carboxylic acids is 1. The van der Waals surface area contributed by atoms with Gasteiger partial charge >= 0.3 is 5.97 Å². The molecule has 0 bridgehead atoms. The molecular weight excluding hydrogens is 606 g/mol. The molecule has 0 unspecified atom stereocenters. The number of nitrogens with zero attached hydrogens (tertiary/aromatic N) is 5. The van der Waals surface area contributed by atoms with Crippen LogP contribution in [0.5, 0.6) is 11.1 Å². The number of aromatic nitrogens is 5. The zero-order valence-corrected chi connectivity index (χ0v) is 23.6. The van der Waals surface area contributed by atoms with Crippen molar-refractivity contribution in [3.63, 3.8) is 0 Å². The lowest BCUT2D eigenvalue weighted by atomic mass is 10.0. The largest absolute Gasteiger partial charge is 0.478 e. The summed E-state index contributed by atoms with van der Waals surface area (Å²) in [7, 11) is 0. The summed E-state index contributed by atoms with van der Waals surface area (Å²) in [6.45, 7) is 0.122. The first-order valence-electron chi connectivity index (χ1n) is 13.4. The van der Waals surface area contributed by atoms with Gasteiger partial charge in [-0.3, -0.25) is 0 Å². The quantitative estimate of drug-likeness (QED) is 0.178. The van der Waals surface area contributed by atoms with Crippen LogP contribution in [0.4, 0.5) is 17.6 Å². The van der Waals surface area contributed by atoms with Crippen LogP contribution in [0.25, 0.3) is 22.3 Å². The number of imidazole rings is 1. The SMILES string of the molecule is O=C(O)c1ccc2nc(Cc3cc(F)c(-c4cccc(OCc5nnc(OCC(F)F)s5)n4)cc3F)n(C[C@@H]3CCO3)c2c1. The molecule has 1 fully saturated rings. The minimum atomic E-state index is -2.64. The predicted octanol–water partition coefficient (Wildman–Crippen LogP) is 5.53. The fraction of sp³-hybridized carbons (Fsp3) is 0.276. The first-order chi connectivity index (χ1) is 21.2. The number of pyridine rings is 1. The molecule has 0 radical (unpaired) electrons. The molecule has 2 aromatic carbocycles. The highest BCUT2D eigenvalue weighted by Gasteiger charge is 2.24. The molecule has 3 aromatic heterocycles. The fourth-order valence-electron chi connectivity index (χ4n) is 4.64. The summed E-state index contributed by atoms with van der Waals surface area (Å²) in [5, 5.41) is 17.2. The number of alkyl halides is 2. The van der Waals surface area contributed by atoms with E-state index >= 15 is 8.78 Å². The molecule has 6 rings (SSSR count). The van der Waals surface area contributed by atoms with E-state index in [1.54, 1.807) is 16.7 Å². The van der Waals surface area contributed by atoms with Crippen LogP contribution in [0.3, 0.4) is 0 Å². The van der Waals surface area contributed by atoms with Crippen LogP contribution in [0.1, 0.15) is 33.2 Å². The number of halogens is 4. The van der Waals surface area contributed by atoms with Crippen molar-refractivity contribution < 1.29 is 41.7 Å². The van der Waals surface area contributed by atoms with E-state index in [4.69, 9.17) is 14.2 Å². The maximum absolute atomic E-state index is 15.4. The van der Waals surface area contributed by atoms with E-state index in [0.29, 0.717) is 35.0 Å². The lowest BCUT2D eigenvalue weighted by Crippen LogP contribution is -2.31. The van der Waals surface area contributed by atoms with Gasteiger partial charge in [0.05, 0.1) is 34.9 Å². The van der Waals surface area contributed by atoms with Gasteiger partial charge in [-0.2, -0.15) is 0 Å². The van der Waals surface area contributed by atoms with Gasteiger partial charge in [-0.1, -0.05) is 22.5 Å². The van der Waals surface area contributed by atoms with E-state index in [1.807, 2.05) is 0 Å². The molecule has 228 valence electrons. The first-order valence-corrected chi connectivity index (χ1v) is 14.2. The van der Waals surface area contributed by atoms with Crippen LogP contribution >= 0.6 is 11.3 Å². The molecular formula is C29H23F4N5O5S. The Morgan fingerprint density at radius 3 is 2.68 bits per heavy atom. The van der Waals surface area contributed by atoms with Crippen LogP contribution in [-0.4, -0.2) is 61.6 Å². The van der Waals surface area contributed by atoms with Gasteiger partial charge in [0.15, 0.2) is 11.6 Å². The van der Waals surface area contributed by atoms with Crippen molar-refractivity contribution in [2.45, 2.75) is 38.5 Å². The molecule has 4 heterocycles. The first kappa shape index (κ1) is 29.4. The summed E-state index contributed by atoms with van der Waals surface area (Å²) >= 11 is 0.933. The summed E-state index contributed by atoms with van der Waals surface area (Å²) < 4.78 is 73.3. The molecule has 0 saturated carbocycles. The van der Waals surface area contributed by atoms with Gasteiger partial charge in [0.1, 0.15) is 24.1 Å². The zero-order chi connectivity index (χ0) is 30.8. The van der Waals surface area contributed by atoms with Crippen LogP contribution in [0.2, 0.25) is 0 Å². The van der Waals surface area contributed by atoms with E-state index in [-0.39, 0.29) is 52.6 Å². The lowest BCUT2D eigenvalue weighted by Gasteiger charge is -2.27. The number of ether oxygens (including phenoxy) is 3. The van der Waals surface area contributed by atoms with Crippen molar-refractivity contribution in [1.29, 1.82) is 0 Å². The van der Waals surface area contributed by atoms with Gasteiger partial charge < -0.3 is 23.9 Å². The molecule has 1 aliphatic rings. The van der Waals surface area contributed by atoms with Crippen LogP contribution in [0.15, 0.2) is 48.5 Å². The second-order valence-corrected chi connectivity index (χ2v) is 10.9. The molecule has 0 spiro atoms. The third-order valence-electron chi connectivity index (χ3n) is 6.86. The molecule has 10 nitrogen and oxygen atoms in total. The minimum absolute atomic E-state index is 0.0276. The van der Waals surface area contributed by atoms with Crippen molar-refractivity contribution in [2.75, 3.05) is 13.2 Å². The van der Waals surface area contributed by atoms with E-state index in [2.05, 4.69) is 20.2 Å². The number of benzene rings is 2. The molecule has 0 aliphatic carbocycles. The van der Waals surface area contributed by atoms with Gasteiger partial charge in [-0.15, -0.1) is 5.10 Å². The van der Waals surface area contributed by atoms with Crippen LogP contribution in [-0.2, 0) is 24.3 Å². The number of hydrogen-bond acceptors (Lipinski definition) is 9. The van der Waals surface area contributed by atoms with Crippen LogP contribution in [0, 0.1) is 11.6 Å². The number of rotatable bonds is 12. The zero-order valence-electron chi connectivity index (χ0n) is 22.8. The second-order valence-electron chi connectivity index (χ2n) is 9.84. The Kier molecular flexibility index (Phi) is 8.39. The normalized spacial score (nSPS) is 14.6. The number of carboxylic acids is 1. The summed E-state index contributed by atoms with van der Waals surface area (Å²) in [5.74, 6) is -1.93. The van der Waals surface area contributed by atoms with Crippen LogP contribution < -0.4 is 9.47 Å². The number of hydrogen-bond donors (Lipinski definition) is 1. The number of fused-ring (bicyclic) bond motifs is 1. The fourth-order valence-corrected chi connectivity index (χ4v) is 5.25. The molecule has 0 amide bonds. The number of carbonyl (C=O) groups is 1. The van der Waals surface area contributed by atoms with Gasteiger partial charge in [-0.05, 0) is 48.4 Å². The van der Waals surface area contributed by atoms with Gasteiger partial charge in [0.2, 0.25) is 5.88 Å². The molecule has 1 aliphatic heterocycles. The molecule has 1 saturated heterocycles. The Bertz CT molecular complexity index is 1830. The monoisotopic (exact) mass is 629 g/mol. The molecule has 1 N–H and O–H groups in total. The highest BCUT2D eigenvalue weighted by atomic mass is 32.1.